The number of anilines is 1. The first-order valence-electron chi connectivity index (χ1n) is 10.6. The first kappa shape index (κ1) is 23.8. The van der Waals surface area contributed by atoms with E-state index < -0.39 is 24.1 Å². The summed E-state index contributed by atoms with van der Waals surface area (Å²) in [6.07, 6.45) is -1.25. The minimum atomic E-state index is -1.25. The van der Waals surface area contributed by atoms with E-state index in [2.05, 4.69) is 5.32 Å². The van der Waals surface area contributed by atoms with E-state index >= 15 is 0 Å². The van der Waals surface area contributed by atoms with Crippen LogP contribution in [-0.4, -0.2) is 24.6 Å². The van der Waals surface area contributed by atoms with Crippen LogP contribution in [0.2, 0.25) is 0 Å². The van der Waals surface area contributed by atoms with E-state index in [1.807, 2.05) is 30.3 Å². The Labute approximate surface area is 192 Å². The summed E-state index contributed by atoms with van der Waals surface area (Å²) in [4.78, 5) is 24.4. The highest BCUT2D eigenvalue weighted by Gasteiger charge is 2.34. The lowest BCUT2D eigenvalue weighted by Gasteiger charge is -2.27. The van der Waals surface area contributed by atoms with Crippen molar-refractivity contribution in [2.24, 2.45) is 0 Å². The van der Waals surface area contributed by atoms with Crippen molar-refractivity contribution in [2.75, 3.05) is 11.9 Å². The molecule has 0 aliphatic rings. The highest BCUT2D eigenvalue weighted by molar-refractivity contribution is 5.80. The topological polar surface area (TPSA) is 73.9 Å². The fourth-order valence-electron chi connectivity index (χ4n) is 3.23. The lowest BCUT2D eigenvalue weighted by molar-refractivity contribution is -0.167. The van der Waals surface area contributed by atoms with Crippen LogP contribution >= 0.6 is 0 Å². The van der Waals surface area contributed by atoms with Gasteiger partial charge in [-0.25, -0.2) is 9.18 Å². The minimum absolute atomic E-state index is 0.131. The van der Waals surface area contributed by atoms with E-state index in [9.17, 15) is 14.0 Å². The van der Waals surface area contributed by atoms with Gasteiger partial charge in [-0.15, -0.1) is 0 Å². The van der Waals surface area contributed by atoms with Crippen LogP contribution in [0.3, 0.4) is 0 Å². The number of ether oxygens (including phenoxy) is 3. The van der Waals surface area contributed by atoms with Crippen LogP contribution < -0.4 is 10.1 Å². The Morgan fingerprint density at radius 3 is 2.21 bits per heavy atom. The van der Waals surface area contributed by atoms with Gasteiger partial charge in [0.2, 0.25) is 6.10 Å². The van der Waals surface area contributed by atoms with Crippen molar-refractivity contribution in [1.82, 2.24) is 0 Å². The second-order valence-electron chi connectivity index (χ2n) is 7.25. The highest BCUT2D eigenvalue weighted by Crippen LogP contribution is 2.28. The molecule has 0 saturated carbocycles. The molecule has 0 fully saturated rings. The number of rotatable bonds is 10. The molecule has 0 unspecified atom stereocenters. The number of hydrogen-bond acceptors (Lipinski definition) is 6. The molecule has 0 aliphatic carbocycles. The Hall–Kier alpha value is -3.87. The summed E-state index contributed by atoms with van der Waals surface area (Å²) >= 11 is 0. The quantitative estimate of drug-likeness (QED) is 0.435. The fraction of sp³-hybridized carbons (Fsp3) is 0.231. The van der Waals surface area contributed by atoms with Crippen molar-refractivity contribution in [3.05, 3.63) is 95.8 Å². The van der Waals surface area contributed by atoms with Gasteiger partial charge in [0.15, 0.2) is 0 Å². The van der Waals surface area contributed by atoms with E-state index in [0.29, 0.717) is 23.6 Å². The molecule has 1 N–H and O–H groups in total. The molecule has 7 heteroatoms. The maximum Gasteiger partial charge on any atom is 0.350 e. The van der Waals surface area contributed by atoms with Gasteiger partial charge in [-0.2, -0.15) is 0 Å². The third kappa shape index (κ3) is 7.07. The van der Waals surface area contributed by atoms with Gasteiger partial charge in [0.1, 0.15) is 18.2 Å². The zero-order chi connectivity index (χ0) is 23.6. The molecule has 0 bridgehead atoms. The van der Waals surface area contributed by atoms with Crippen molar-refractivity contribution >= 4 is 17.6 Å². The van der Waals surface area contributed by atoms with Gasteiger partial charge in [0.05, 0.1) is 12.6 Å². The maximum absolute atomic E-state index is 13.4. The lowest BCUT2D eigenvalue weighted by Crippen LogP contribution is -2.38. The second-order valence-corrected chi connectivity index (χ2v) is 7.25. The van der Waals surface area contributed by atoms with Crippen molar-refractivity contribution in [3.8, 4) is 5.75 Å². The minimum Gasteiger partial charge on any atom is -0.489 e. The van der Waals surface area contributed by atoms with E-state index in [-0.39, 0.29) is 12.4 Å². The number of carbonyl (C=O) groups excluding carboxylic acids is 2. The van der Waals surface area contributed by atoms with E-state index in [1.54, 1.807) is 31.2 Å². The molecule has 33 heavy (non-hydrogen) atoms. The van der Waals surface area contributed by atoms with Crippen LogP contribution in [0.1, 0.15) is 31.0 Å². The Balaban J connectivity index is 1.85. The lowest BCUT2D eigenvalue weighted by atomic mass is 10.00. The van der Waals surface area contributed by atoms with Crippen LogP contribution in [-0.2, 0) is 25.7 Å². The Bertz CT molecular complexity index is 1040. The average molecular weight is 451 g/mol. The normalized spacial score (nSPS) is 12.3. The van der Waals surface area contributed by atoms with Crippen LogP contribution in [0.25, 0.3) is 0 Å². The predicted octanol–water partition coefficient (Wildman–Crippen LogP) is 5.05. The van der Waals surface area contributed by atoms with Crippen LogP contribution in [0.4, 0.5) is 10.1 Å². The Morgan fingerprint density at radius 1 is 0.939 bits per heavy atom. The molecule has 0 saturated heterocycles. The molecule has 172 valence electrons. The number of benzene rings is 3. The van der Waals surface area contributed by atoms with Gasteiger partial charge in [-0.05, 0) is 54.4 Å². The van der Waals surface area contributed by atoms with Crippen LogP contribution in [0.15, 0.2) is 78.9 Å². The van der Waals surface area contributed by atoms with Crippen LogP contribution in [0.5, 0.6) is 5.75 Å². The number of nitrogens with one attached hydrogen (secondary N) is 1. The van der Waals surface area contributed by atoms with Gasteiger partial charge in [-0.1, -0.05) is 42.5 Å². The van der Waals surface area contributed by atoms with Crippen molar-refractivity contribution in [3.63, 3.8) is 0 Å². The summed E-state index contributed by atoms with van der Waals surface area (Å²) in [5, 5.41) is 3.16. The summed E-state index contributed by atoms with van der Waals surface area (Å²) in [6, 6.07) is 21.8. The Morgan fingerprint density at radius 2 is 1.61 bits per heavy atom. The number of esters is 2. The van der Waals surface area contributed by atoms with Gasteiger partial charge >= 0.3 is 11.9 Å². The molecule has 0 radical (unpaired) electrons. The second kappa shape index (κ2) is 11.7. The summed E-state index contributed by atoms with van der Waals surface area (Å²) in [5.41, 5.74) is 2.24. The zero-order valence-corrected chi connectivity index (χ0v) is 18.5. The average Bonchev–Trinajstić information content (AvgIpc) is 2.82. The first-order valence-corrected chi connectivity index (χ1v) is 10.6. The van der Waals surface area contributed by atoms with Crippen molar-refractivity contribution < 1.29 is 28.2 Å². The first-order chi connectivity index (χ1) is 16.0. The van der Waals surface area contributed by atoms with Crippen molar-refractivity contribution in [1.29, 1.82) is 0 Å². The molecule has 3 rings (SSSR count). The SMILES string of the molecule is CCOC(=O)[C@H](OC(C)=O)[C@@H](Nc1ccc(F)cc1)c1ccc(OCc2ccccc2)cc1. The van der Waals surface area contributed by atoms with Gasteiger partial charge in [0.25, 0.3) is 0 Å². The molecular formula is C26H26FNO5. The van der Waals surface area contributed by atoms with Gasteiger partial charge < -0.3 is 19.5 Å². The monoisotopic (exact) mass is 451 g/mol. The van der Waals surface area contributed by atoms with E-state index in [4.69, 9.17) is 14.2 Å². The zero-order valence-electron chi connectivity index (χ0n) is 18.5. The summed E-state index contributed by atoms with van der Waals surface area (Å²) in [6.45, 7) is 3.44. The largest absolute Gasteiger partial charge is 0.489 e. The third-order valence-electron chi connectivity index (χ3n) is 4.77. The molecule has 0 heterocycles. The Kier molecular flexibility index (Phi) is 8.41. The number of halogens is 1. The molecule has 0 amide bonds. The molecule has 0 spiro atoms. The maximum atomic E-state index is 13.4. The molecule has 6 nitrogen and oxygen atoms in total. The molecule has 3 aromatic rings. The summed E-state index contributed by atoms with van der Waals surface area (Å²) in [7, 11) is 0. The molecule has 2 atom stereocenters. The number of hydrogen-bond donors (Lipinski definition) is 1. The highest BCUT2D eigenvalue weighted by atomic mass is 19.1. The summed E-state index contributed by atoms with van der Waals surface area (Å²) < 4.78 is 29.7. The van der Waals surface area contributed by atoms with Gasteiger partial charge in [0, 0.05) is 12.6 Å². The van der Waals surface area contributed by atoms with E-state index in [1.165, 1.54) is 31.2 Å². The molecular weight excluding hydrogens is 425 g/mol. The smallest absolute Gasteiger partial charge is 0.350 e. The predicted molar refractivity (Wildman–Crippen MR) is 122 cm³/mol. The van der Waals surface area contributed by atoms with E-state index in [0.717, 1.165) is 5.56 Å². The fourth-order valence-corrected chi connectivity index (χ4v) is 3.23. The third-order valence-corrected chi connectivity index (χ3v) is 4.77. The summed E-state index contributed by atoms with van der Waals surface area (Å²) in [5.74, 6) is -1.05. The molecule has 0 aromatic heterocycles. The van der Waals surface area contributed by atoms with Crippen molar-refractivity contribution in [2.45, 2.75) is 32.6 Å². The van der Waals surface area contributed by atoms with Gasteiger partial charge in [-0.3, -0.25) is 4.79 Å². The standard InChI is InChI=1S/C26H26FNO5/c1-3-31-26(30)25(33-18(2)29)24(28-22-13-11-21(27)12-14-22)20-9-15-23(16-10-20)32-17-19-7-5-4-6-8-19/h4-16,24-25,28H,3,17H2,1-2H3/t24-,25+/m0/s1. The van der Waals surface area contributed by atoms with Crippen LogP contribution in [0, 0.1) is 5.82 Å². The molecule has 3 aromatic carbocycles. The number of carbonyl (C=O) groups is 2. The molecule has 0 aliphatic heterocycles.